The Morgan fingerprint density at radius 2 is 1.35 bits per heavy atom. The Hall–Kier alpha value is -1.25. The molecule has 3 N–H and O–H groups in total. The highest BCUT2D eigenvalue weighted by Crippen LogP contribution is 2.67. The Bertz CT molecular complexity index is 1410. The van der Waals surface area contributed by atoms with E-state index in [0.717, 1.165) is 80.5 Å². The van der Waals surface area contributed by atoms with Gasteiger partial charge >= 0.3 is 5.97 Å². The molecule has 0 bridgehead atoms. The maximum absolute atomic E-state index is 12.7. The molecule has 376 valence electrons. The van der Waals surface area contributed by atoms with E-state index in [1.54, 1.807) is 0 Å². The van der Waals surface area contributed by atoms with Crippen molar-refractivity contribution in [1.29, 1.82) is 0 Å². The minimum Gasteiger partial charge on any atom is -0.463 e. The molecule has 1 heterocycles. The molecule has 4 aliphatic carbocycles. The largest absolute Gasteiger partial charge is 0.463 e. The van der Waals surface area contributed by atoms with E-state index in [-0.39, 0.29) is 24.1 Å². The van der Waals surface area contributed by atoms with Crippen molar-refractivity contribution in [2.24, 2.45) is 52.3 Å². The predicted octanol–water partition coefficient (Wildman–Crippen LogP) is 14.4. The summed E-state index contributed by atoms with van der Waals surface area (Å²) in [6.45, 7) is 17.0. The second-order valence-corrected chi connectivity index (χ2v) is 23.4. The number of esters is 1. The average Bonchev–Trinajstić information content (AvgIpc) is 3.65. The van der Waals surface area contributed by atoms with Gasteiger partial charge in [-0.3, -0.25) is 4.79 Å². The summed E-state index contributed by atoms with van der Waals surface area (Å²) in [5, 5.41) is 32.6. The zero-order valence-corrected chi connectivity index (χ0v) is 43.1. The number of rotatable bonds is 30. The lowest BCUT2D eigenvalue weighted by molar-refractivity contribution is -0.313. The molecule has 7 heteroatoms. The third-order valence-electron chi connectivity index (χ3n) is 18.6. The lowest BCUT2D eigenvalue weighted by atomic mass is 9.47. The molecular formula is C58H102O7. The molecule has 0 aromatic carbocycles. The van der Waals surface area contributed by atoms with E-state index in [2.05, 4.69) is 66.7 Å². The number of allylic oxidation sites excluding steroid dienone is 3. The quantitative estimate of drug-likeness (QED) is 0.0374. The highest BCUT2D eigenvalue weighted by Gasteiger charge is 2.59. The SMILES string of the molecule is CCCCCCCCCC/C=C\CCCCCCCCCCCC(=O)OCC1OC(OC2CCC3(C)C(=CCC4C3CCC3(C)C(C(C)CCC(C)C(C)C)CCC43)C2)C(O)C(O)C1O. The smallest absolute Gasteiger partial charge is 0.305 e. The van der Waals surface area contributed by atoms with Crippen molar-refractivity contribution in [1.82, 2.24) is 0 Å². The summed E-state index contributed by atoms with van der Waals surface area (Å²) < 4.78 is 18.1. The van der Waals surface area contributed by atoms with Gasteiger partial charge in [-0.2, -0.15) is 0 Å². The van der Waals surface area contributed by atoms with Crippen molar-refractivity contribution in [3.8, 4) is 0 Å². The van der Waals surface area contributed by atoms with E-state index in [1.165, 1.54) is 147 Å². The van der Waals surface area contributed by atoms with Gasteiger partial charge in [-0.1, -0.05) is 175 Å². The summed E-state index contributed by atoms with van der Waals surface area (Å²) in [6.07, 6.45) is 37.5. The van der Waals surface area contributed by atoms with Gasteiger partial charge < -0.3 is 29.5 Å². The van der Waals surface area contributed by atoms with E-state index >= 15 is 0 Å². The Kier molecular flexibility index (Phi) is 23.4. The standard InChI is InChI=1S/C58H102O7/c1-8-9-10-11-12-13-14-15-16-17-18-19-20-21-22-23-24-25-26-27-28-29-52(59)63-41-51-53(60)54(61)55(62)56(65-51)64-46-36-38-57(6)45(40-46)32-33-47-49-35-34-48(58(49,7)39-37-50(47)57)44(5)31-30-43(4)42(2)3/h17-18,32,42-44,46-51,53-56,60-62H,8-16,19-31,33-41H2,1-7H3/b18-17-. The minimum absolute atomic E-state index is 0.142. The first-order chi connectivity index (χ1) is 31.3. The molecule has 0 radical (unpaired) electrons. The molecule has 5 aliphatic rings. The third kappa shape index (κ3) is 15.6. The summed E-state index contributed by atoms with van der Waals surface area (Å²) in [5.41, 5.74) is 2.12. The fraction of sp³-hybridized carbons (Fsp3) is 0.914. The number of hydrogen-bond donors (Lipinski definition) is 3. The molecule has 0 aromatic heterocycles. The van der Waals surface area contributed by atoms with E-state index in [9.17, 15) is 20.1 Å². The van der Waals surface area contributed by atoms with Crippen LogP contribution in [0.5, 0.6) is 0 Å². The predicted molar refractivity (Wildman–Crippen MR) is 267 cm³/mol. The van der Waals surface area contributed by atoms with Gasteiger partial charge in [0.2, 0.25) is 0 Å². The van der Waals surface area contributed by atoms with Crippen LogP contribution < -0.4 is 0 Å². The Morgan fingerprint density at radius 3 is 1.98 bits per heavy atom. The van der Waals surface area contributed by atoms with Crippen molar-refractivity contribution in [2.45, 2.75) is 278 Å². The third-order valence-corrected chi connectivity index (χ3v) is 18.6. The summed E-state index contributed by atoms with van der Waals surface area (Å²) in [7, 11) is 0. The Balaban J connectivity index is 0.938. The minimum atomic E-state index is -1.44. The number of fused-ring (bicyclic) bond motifs is 5. The number of carbonyl (C=O) groups is 1. The lowest BCUT2D eigenvalue weighted by Gasteiger charge is -2.58. The summed E-state index contributed by atoms with van der Waals surface area (Å²) in [4.78, 5) is 12.7. The van der Waals surface area contributed by atoms with Gasteiger partial charge in [0.25, 0.3) is 0 Å². The topological polar surface area (TPSA) is 105 Å². The monoisotopic (exact) mass is 911 g/mol. The molecule has 7 nitrogen and oxygen atoms in total. The highest BCUT2D eigenvalue weighted by atomic mass is 16.7. The number of unbranched alkanes of at least 4 members (excludes halogenated alkanes) is 17. The summed E-state index contributed by atoms with van der Waals surface area (Å²) in [6, 6.07) is 0. The molecule has 65 heavy (non-hydrogen) atoms. The van der Waals surface area contributed by atoms with Gasteiger partial charge in [0.15, 0.2) is 6.29 Å². The van der Waals surface area contributed by atoms with Crippen LogP contribution in [0.2, 0.25) is 0 Å². The maximum atomic E-state index is 12.7. The normalized spacial score (nSPS) is 34.5. The van der Waals surface area contributed by atoms with E-state index in [4.69, 9.17) is 14.2 Å². The van der Waals surface area contributed by atoms with Gasteiger partial charge in [-0.15, -0.1) is 0 Å². The maximum Gasteiger partial charge on any atom is 0.305 e. The second-order valence-electron chi connectivity index (χ2n) is 23.4. The average molecular weight is 911 g/mol. The molecule has 0 spiro atoms. The zero-order chi connectivity index (χ0) is 46.8. The van der Waals surface area contributed by atoms with E-state index in [1.807, 2.05) is 0 Å². The number of aliphatic hydroxyl groups is 3. The molecule has 0 amide bonds. The lowest BCUT2D eigenvalue weighted by Crippen LogP contribution is -2.60. The Morgan fingerprint density at radius 1 is 0.738 bits per heavy atom. The number of hydrogen-bond acceptors (Lipinski definition) is 7. The molecule has 0 aromatic rings. The van der Waals surface area contributed by atoms with Crippen LogP contribution in [-0.4, -0.2) is 64.7 Å². The molecule has 1 saturated heterocycles. The second kappa shape index (κ2) is 27.8. The van der Waals surface area contributed by atoms with Crippen LogP contribution in [-0.2, 0) is 19.0 Å². The molecule has 14 atom stereocenters. The van der Waals surface area contributed by atoms with E-state index < -0.39 is 30.7 Å². The highest BCUT2D eigenvalue weighted by molar-refractivity contribution is 5.69. The Labute approximate surface area is 399 Å². The number of carbonyl (C=O) groups excluding carboxylic acids is 1. The fourth-order valence-corrected chi connectivity index (χ4v) is 13.8. The van der Waals surface area contributed by atoms with Crippen molar-refractivity contribution in [3.63, 3.8) is 0 Å². The van der Waals surface area contributed by atoms with Crippen molar-refractivity contribution in [2.75, 3.05) is 6.61 Å². The van der Waals surface area contributed by atoms with Gasteiger partial charge in [-0.05, 0) is 136 Å². The van der Waals surface area contributed by atoms with Gasteiger partial charge in [0, 0.05) is 6.42 Å². The van der Waals surface area contributed by atoms with Crippen molar-refractivity contribution >= 4 is 5.97 Å². The van der Waals surface area contributed by atoms with Crippen LogP contribution in [0, 0.1) is 52.3 Å². The number of ether oxygens (including phenoxy) is 3. The van der Waals surface area contributed by atoms with Gasteiger partial charge in [0.1, 0.15) is 31.0 Å². The van der Waals surface area contributed by atoms with Crippen molar-refractivity contribution < 1.29 is 34.3 Å². The first-order valence-corrected chi connectivity index (χ1v) is 28.1. The molecule has 14 unspecified atom stereocenters. The van der Waals surface area contributed by atoms with Crippen LogP contribution >= 0.6 is 0 Å². The molecule has 4 fully saturated rings. The molecule has 5 rings (SSSR count). The van der Waals surface area contributed by atoms with Crippen LogP contribution in [0.3, 0.4) is 0 Å². The van der Waals surface area contributed by atoms with Crippen LogP contribution in [0.25, 0.3) is 0 Å². The molecular weight excluding hydrogens is 809 g/mol. The summed E-state index contributed by atoms with van der Waals surface area (Å²) in [5.74, 6) is 5.16. The number of aliphatic hydroxyl groups excluding tert-OH is 3. The zero-order valence-electron chi connectivity index (χ0n) is 43.1. The summed E-state index contributed by atoms with van der Waals surface area (Å²) >= 11 is 0. The van der Waals surface area contributed by atoms with E-state index in [0.29, 0.717) is 17.8 Å². The first-order valence-electron chi connectivity index (χ1n) is 28.1. The van der Waals surface area contributed by atoms with Crippen LogP contribution in [0.4, 0.5) is 0 Å². The van der Waals surface area contributed by atoms with Crippen LogP contribution in [0.1, 0.15) is 241 Å². The van der Waals surface area contributed by atoms with Gasteiger partial charge in [-0.25, -0.2) is 0 Å². The fourth-order valence-electron chi connectivity index (χ4n) is 13.8. The molecule has 1 aliphatic heterocycles. The molecule has 3 saturated carbocycles. The van der Waals surface area contributed by atoms with Crippen molar-refractivity contribution in [3.05, 3.63) is 23.8 Å². The first kappa shape index (κ1) is 54.7. The van der Waals surface area contributed by atoms with Gasteiger partial charge in [0.05, 0.1) is 6.10 Å². The van der Waals surface area contributed by atoms with Crippen LogP contribution in [0.15, 0.2) is 23.8 Å².